The zero-order valence-electron chi connectivity index (χ0n) is 18.2. The highest BCUT2D eigenvalue weighted by molar-refractivity contribution is 5.87. The predicted octanol–water partition coefficient (Wildman–Crippen LogP) is 1.74. The highest BCUT2D eigenvalue weighted by Gasteiger charge is 2.51. The Morgan fingerprint density at radius 1 is 1.34 bits per heavy atom. The number of anilines is 1. The van der Waals surface area contributed by atoms with Crippen molar-refractivity contribution < 1.29 is 19.4 Å². The van der Waals surface area contributed by atoms with Crippen LogP contribution in [0.4, 0.5) is 5.82 Å². The first kappa shape index (κ1) is 21.4. The van der Waals surface area contributed by atoms with Gasteiger partial charge in [-0.05, 0) is 43.2 Å². The molecule has 4 rings (SSSR count). The largest absolute Gasteiger partial charge is 0.508 e. The number of aromatic nitrogens is 4. The number of amides is 1. The van der Waals surface area contributed by atoms with E-state index in [0.29, 0.717) is 34.9 Å². The molecule has 32 heavy (non-hydrogen) atoms. The van der Waals surface area contributed by atoms with Crippen LogP contribution in [0.5, 0.6) is 0 Å². The molecule has 0 bridgehead atoms. The normalized spacial score (nSPS) is 23.0. The van der Waals surface area contributed by atoms with Crippen LogP contribution in [0.2, 0.25) is 0 Å². The van der Waals surface area contributed by atoms with Gasteiger partial charge in [-0.1, -0.05) is 6.92 Å². The molecule has 0 aliphatic heterocycles. The first-order chi connectivity index (χ1) is 15.3. The van der Waals surface area contributed by atoms with Gasteiger partial charge >= 0.3 is 0 Å². The summed E-state index contributed by atoms with van der Waals surface area (Å²) in [5.74, 6) is 6.01. The second-order valence-electron chi connectivity index (χ2n) is 7.86. The SMILES string of the molecule is CNC(=O)C1(C)[C@H](C)CC(n2cnc3c(NC)nc(C#Cc4ccco4)nc32)=C(O)[C@@H]1O. The van der Waals surface area contributed by atoms with Crippen molar-refractivity contribution in [1.82, 2.24) is 24.8 Å². The number of aliphatic hydroxyl groups is 2. The van der Waals surface area contributed by atoms with Crippen LogP contribution in [0, 0.1) is 23.2 Å². The van der Waals surface area contributed by atoms with Gasteiger partial charge in [0.15, 0.2) is 22.7 Å². The van der Waals surface area contributed by atoms with Gasteiger partial charge in [0.1, 0.15) is 18.2 Å². The van der Waals surface area contributed by atoms with Crippen LogP contribution in [0.25, 0.3) is 16.9 Å². The van der Waals surface area contributed by atoms with Gasteiger partial charge in [0.05, 0.1) is 17.4 Å². The van der Waals surface area contributed by atoms with Crippen LogP contribution >= 0.6 is 0 Å². The maximum absolute atomic E-state index is 12.5. The number of carbonyl (C=O) groups excluding carboxylic acids is 1. The molecular weight excluding hydrogens is 412 g/mol. The summed E-state index contributed by atoms with van der Waals surface area (Å²) in [4.78, 5) is 25.8. The van der Waals surface area contributed by atoms with E-state index in [-0.39, 0.29) is 23.4 Å². The maximum Gasteiger partial charge on any atom is 0.229 e. The Labute approximate surface area is 184 Å². The first-order valence-electron chi connectivity index (χ1n) is 10.1. The lowest BCUT2D eigenvalue weighted by atomic mass is 9.67. The van der Waals surface area contributed by atoms with E-state index in [1.807, 2.05) is 6.92 Å². The van der Waals surface area contributed by atoms with Crippen LogP contribution in [-0.2, 0) is 4.79 Å². The van der Waals surface area contributed by atoms with Crippen molar-refractivity contribution in [1.29, 1.82) is 0 Å². The third-order valence-electron chi connectivity index (χ3n) is 6.10. The van der Waals surface area contributed by atoms with Crippen molar-refractivity contribution in [2.75, 3.05) is 19.4 Å². The number of fused-ring (bicyclic) bond motifs is 1. The Bertz CT molecular complexity index is 1270. The number of hydrogen-bond acceptors (Lipinski definition) is 8. The number of furan rings is 1. The van der Waals surface area contributed by atoms with Gasteiger partial charge < -0.3 is 25.3 Å². The molecule has 1 aliphatic carbocycles. The van der Waals surface area contributed by atoms with Crippen molar-refractivity contribution >= 4 is 28.6 Å². The molecule has 0 radical (unpaired) electrons. The zero-order chi connectivity index (χ0) is 23.0. The third kappa shape index (κ3) is 3.27. The number of carbonyl (C=O) groups is 1. The first-order valence-corrected chi connectivity index (χ1v) is 10.1. The van der Waals surface area contributed by atoms with Gasteiger partial charge in [-0.15, -0.1) is 0 Å². The number of allylic oxidation sites excluding steroid dienone is 1. The lowest BCUT2D eigenvalue weighted by Gasteiger charge is -2.42. The second kappa shape index (κ2) is 8.01. The zero-order valence-corrected chi connectivity index (χ0v) is 18.2. The van der Waals surface area contributed by atoms with E-state index in [1.54, 1.807) is 30.7 Å². The summed E-state index contributed by atoms with van der Waals surface area (Å²) in [6.07, 6.45) is 1.98. The van der Waals surface area contributed by atoms with Crippen LogP contribution in [0.3, 0.4) is 0 Å². The van der Waals surface area contributed by atoms with Gasteiger partial charge in [-0.3, -0.25) is 9.36 Å². The third-order valence-corrected chi connectivity index (χ3v) is 6.10. The quantitative estimate of drug-likeness (QED) is 0.456. The maximum atomic E-state index is 12.5. The van der Waals surface area contributed by atoms with E-state index in [9.17, 15) is 15.0 Å². The van der Waals surface area contributed by atoms with Gasteiger partial charge in [-0.25, -0.2) is 15.0 Å². The van der Waals surface area contributed by atoms with Crippen LogP contribution in [0.1, 0.15) is 31.9 Å². The smallest absolute Gasteiger partial charge is 0.229 e. The lowest BCUT2D eigenvalue weighted by Crippen LogP contribution is -2.53. The molecule has 3 atom stereocenters. The van der Waals surface area contributed by atoms with Crippen molar-refractivity contribution in [2.24, 2.45) is 11.3 Å². The van der Waals surface area contributed by atoms with Crippen molar-refractivity contribution in [3.63, 3.8) is 0 Å². The molecule has 4 N–H and O–H groups in total. The minimum absolute atomic E-state index is 0.236. The standard InChI is InChI=1S/C22H24N6O4/c1-12-10-14(17(29)18(30)22(12,2)21(31)24-4)28-11-25-16-19(23-3)26-15(27-20(16)28)8-7-13-6-5-9-32-13/h5-6,9,11-12,18,29-30H,10H2,1-4H3,(H,24,31)(H,23,26,27)/t12-,18+,22?/m1/s1. The molecule has 10 nitrogen and oxygen atoms in total. The van der Waals surface area contributed by atoms with E-state index in [0.717, 1.165) is 0 Å². The molecule has 1 aliphatic rings. The molecule has 0 fully saturated rings. The number of nitrogens with one attached hydrogen (secondary N) is 2. The fourth-order valence-electron chi connectivity index (χ4n) is 3.95. The summed E-state index contributed by atoms with van der Waals surface area (Å²) >= 11 is 0. The number of aliphatic hydroxyl groups excluding tert-OH is 2. The Balaban J connectivity index is 1.84. The molecule has 1 unspecified atom stereocenters. The highest BCUT2D eigenvalue weighted by Crippen LogP contribution is 2.45. The summed E-state index contributed by atoms with van der Waals surface area (Å²) in [6, 6.07) is 3.46. The minimum Gasteiger partial charge on any atom is -0.508 e. The molecule has 3 heterocycles. The number of nitrogens with zero attached hydrogens (tertiary/aromatic N) is 4. The Kier molecular flexibility index (Phi) is 5.36. The van der Waals surface area contributed by atoms with Crippen LogP contribution in [-0.4, -0.2) is 55.8 Å². The molecular formula is C22H24N6O4. The average molecular weight is 436 g/mol. The van der Waals surface area contributed by atoms with Crippen LogP contribution < -0.4 is 10.6 Å². The van der Waals surface area contributed by atoms with Gasteiger partial charge in [0.2, 0.25) is 11.7 Å². The molecule has 166 valence electrons. The summed E-state index contributed by atoms with van der Waals surface area (Å²) < 4.78 is 6.83. The summed E-state index contributed by atoms with van der Waals surface area (Å²) in [5, 5.41) is 27.3. The topological polar surface area (TPSA) is 138 Å². The monoisotopic (exact) mass is 436 g/mol. The van der Waals surface area contributed by atoms with Crippen molar-refractivity contribution in [2.45, 2.75) is 26.4 Å². The molecule has 0 aromatic carbocycles. The van der Waals surface area contributed by atoms with E-state index < -0.39 is 11.5 Å². The van der Waals surface area contributed by atoms with E-state index in [4.69, 9.17) is 4.42 Å². The summed E-state index contributed by atoms with van der Waals surface area (Å²) in [6.45, 7) is 3.50. The highest BCUT2D eigenvalue weighted by atomic mass is 16.3. The summed E-state index contributed by atoms with van der Waals surface area (Å²) in [7, 11) is 3.22. The van der Waals surface area contributed by atoms with Gasteiger partial charge in [0.25, 0.3) is 0 Å². The number of imidazole rings is 1. The molecule has 10 heteroatoms. The van der Waals surface area contributed by atoms with Gasteiger partial charge in [0, 0.05) is 14.1 Å². The Morgan fingerprint density at radius 2 is 2.12 bits per heavy atom. The molecule has 3 aromatic rings. The fourth-order valence-corrected chi connectivity index (χ4v) is 3.95. The number of rotatable bonds is 3. The minimum atomic E-state index is -1.39. The predicted molar refractivity (Wildman–Crippen MR) is 117 cm³/mol. The van der Waals surface area contributed by atoms with Crippen LogP contribution in [0.15, 0.2) is 34.9 Å². The van der Waals surface area contributed by atoms with E-state index in [2.05, 4.69) is 37.4 Å². The fraction of sp³-hybridized carbons (Fsp3) is 0.364. The van der Waals surface area contributed by atoms with Gasteiger partial charge in [-0.2, -0.15) is 0 Å². The second-order valence-corrected chi connectivity index (χ2v) is 7.86. The average Bonchev–Trinajstić information content (AvgIpc) is 3.47. The Morgan fingerprint density at radius 3 is 2.78 bits per heavy atom. The Hall–Kier alpha value is -3.84. The molecule has 0 saturated carbocycles. The van der Waals surface area contributed by atoms with Crippen molar-refractivity contribution in [3.8, 4) is 11.8 Å². The van der Waals surface area contributed by atoms with Crippen molar-refractivity contribution in [3.05, 3.63) is 42.1 Å². The molecule has 3 aromatic heterocycles. The van der Waals surface area contributed by atoms with E-state index in [1.165, 1.54) is 19.6 Å². The summed E-state index contributed by atoms with van der Waals surface area (Å²) in [5.41, 5.74) is 0.138. The molecule has 0 saturated heterocycles. The molecule has 0 spiro atoms. The lowest BCUT2D eigenvalue weighted by molar-refractivity contribution is -0.141. The van der Waals surface area contributed by atoms with E-state index >= 15 is 0 Å². The molecule has 1 amide bonds. The number of hydrogen-bond donors (Lipinski definition) is 4.